The normalized spacial score (nSPS) is 42.5. The zero-order valence-corrected chi connectivity index (χ0v) is 8.85. The standard InChI is InChI=1S/C11H21N/c1-10(2,3)11-7-5-9(6-8-11)12(11)4/h9H,5-8H2,1-4H3. The van der Waals surface area contributed by atoms with Gasteiger partial charge in [-0.05, 0) is 38.1 Å². The summed E-state index contributed by atoms with van der Waals surface area (Å²) in [5.41, 5.74) is 1.00. The lowest BCUT2D eigenvalue weighted by atomic mass is 9.69. The molecule has 0 atom stereocenters. The molecular formula is C11H21N. The van der Waals surface area contributed by atoms with E-state index >= 15 is 0 Å². The largest absolute Gasteiger partial charge is 0.297 e. The Kier molecular flexibility index (Phi) is 1.61. The summed E-state index contributed by atoms with van der Waals surface area (Å²) in [6, 6.07) is 0.907. The second-order valence-corrected chi connectivity index (χ2v) is 5.62. The molecule has 0 aromatic rings. The molecule has 2 rings (SSSR count). The summed E-state index contributed by atoms with van der Waals surface area (Å²) in [4.78, 5) is 2.66. The Labute approximate surface area is 76.1 Å². The first-order valence-electron chi connectivity index (χ1n) is 5.20. The maximum Gasteiger partial charge on any atom is 0.0258 e. The predicted molar refractivity (Wildman–Crippen MR) is 52.2 cm³/mol. The van der Waals surface area contributed by atoms with Crippen molar-refractivity contribution >= 4 is 0 Å². The fourth-order valence-electron chi connectivity index (χ4n) is 3.45. The zero-order valence-electron chi connectivity index (χ0n) is 8.85. The molecule has 2 heterocycles. The second-order valence-electron chi connectivity index (χ2n) is 5.62. The molecule has 0 N–H and O–H groups in total. The Morgan fingerprint density at radius 1 is 1.17 bits per heavy atom. The first-order valence-corrected chi connectivity index (χ1v) is 5.20. The quantitative estimate of drug-likeness (QED) is 0.536. The van der Waals surface area contributed by atoms with Crippen LogP contribution in [0.2, 0.25) is 0 Å². The number of fused-ring (bicyclic) bond motifs is 2. The van der Waals surface area contributed by atoms with Crippen LogP contribution in [0.3, 0.4) is 0 Å². The van der Waals surface area contributed by atoms with Crippen LogP contribution in [0.5, 0.6) is 0 Å². The van der Waals surface area contributed by atoms with E-state index in [2.05, 4.69) is 32.7 Å². The highest BCUT2D eigenvalue weighted by Gasteiger charge is 2.55. The van der Waals surface area contributed by atoms with Gasteiger partial charge in [0.1, 0.15) is 0 Å². The van der Waals surface area contributed by atoms with Gasteiger partial charge in [0.25, 0.3) is 0 Å². The van der Waals surface area contributed by atoms with Crippen LogP contribution in [0.15, 0.2) is 0 Å². The predicted octanol–water partition coefficient (Wildman–Crippen LogP) is 2.66. The fourth-order valence-corrected chi connectivity index (χ4v) is 3.45. The molecule has 2 bridgehead atoms. The van der Waals surface area contributed by atoms with Gasteiger partial charge in [0.2, 0.25) is 0 Å². The lowest BCUT2D eigenvalue weighted by Gasteiger charge is -2.44. The van der Waals surface area contributed by atoms with E-state index in [1.54, 1.807) is 0 Å². The van der Waals surface area contributed by atoms with Gasteiger partial charge in [-0.1, -0.05) is 20.8 Å². The van der Waals surface area contributed by atoms with Crippen LogP contribution >= 0.6 is 0 Å². The lowest BCUT2D eigenvalue weighted by molar-refractivity contribution is 0.0632. The molecule has 0 aromatic heterocycles. The van der Waals surface area contributed by atoms with E-state index in [-0.39, 0.29) is 0 Å². The summed E-state index contributed by atoms with van der Waals surface area (Å²) in [7, 11) is 2.33. The Morgan fingerprint density at radius 2 is 1.67 bits per heavy atom. The molecule has 0 saturated carbocycles. The summed E-state index contributed by atoms with van der Waals surface area (Å²) in [6.07, 6.45) is 5.73. The van der Waals surface area contributed by atoms with Crippen molar-refractivity contribution in [3.8, 4) is 0 Å². The van der Waals surface area contributed by atoms with E-state index in [4.69, 9.17) is 0 Å². The molecule has 0 radical (unpaired) electrons. The van der Waals surface area contributed by atoms with Crippen LogP contribution in [-0.4, -0.2) is 23.5 Å². The van der Waals surface area contributed by atoms with Crippen molar-refractivity contribution in [2.24, 2.45) is 5.41 Å². The van der Waals surface area contributed by atoms with E-state index in [0.29, 0.717) is 11.0 Å². The highest BCUT2D eigenvalue weighted by Crippen LogP contribution is 2.54. The van der Waals surface area contributed by atoms with Crippen molar-refractivity contribution in [1.82, 2.24) is 4.90 Å². The molecule has 2 fully saturated rings. The van der Waals surface area contributed by atoms with Gasteiger partial charge in [-0.15, -0.1) is 0 Å². The molecule has 2 aliphatic heterocycles. The molecule has 0 unspecified atom stereocenters. The molecule has 12 heavy (non-hydrogen) atoms. The van der Waals surface area contributed by atoms with Crippen LogP contribution in [0, 0.1) is 5.41 Å². The molecule has 1 heteroatoms. The average Bonchev–Trinajstić information content (AvgIpc) is 2.45. The summed E-state index contributed by atoms with van der Waals surface area (Å²) in [5, 5.41) is 0. The maximum atomic E-state index is 2.66. The van der Waals surface area contributed by atoms with Gasteiger partial charge in [-0.2, -0.15) is 0 Å². The van der Waals surface area contributed by atoms with E-state index in [0.717, 1.165) is 6.04 Å². The minimum Gasteiger partial charge on any atom is -0.297 e. The SMILES string of the molecule is CN1C2CCC1(C(C)(C)C)CC2. The van der Waals surface area contributed by atoms with E-state index in [9.17, 15) is 0 Å². The van der Waals surface area contributed by atoms with Gasteiger partial charge in [0, 0.05) is 11.6 Å². The average molecular weight is 167 g/mol. The van der Waals surface area contributed by atoms with Crippen molar-refractivity contribution in [2.45, 2.75) is 58.0 Å². The summed E-state index contributed by atoms with van der Waals surface area (Å²) in [6.45, 7) is 7.20. The van der Waals surface area contributed by atoms with Gasteiger partial charge in [-0.25, -0.2) is 0 Å². The molecule has 0 aliphatic carbocycles. The Morgan fingerprint density at radius 3 is 1.83 bits per heavy atom. The van der Waals surface area contributed by atoms with Crippen molar-refractivity contribution < 1.29 is 0 Å². The third-order valence-electron chi connectivity index (χ3n) is 4.40. The molecule has 0 amide bonds. The van der Waals surface area contributed by atoms with Crippen molar-refractivity contribution in [3.63, 3.8) is 0 Å². The second kappa shape index (κ2) is 2.25. The Balaban J connectivity index is 2.32. The minimum absolute atomic E-state index is 0.465. The lowest BCUT2D eigenvalue weighted by Crippen LogP contribution is -2.48. The molecule has 0 aromatic carbocycles. The van der Waals surface area contributed by atoms with Gasteiger partial charge in [0.05, 0.1) is 0 Å². The topological polar surface area (TPSA) is 3.24 Å². The number of hydrogen-bond donors (Lipinski definition) is 0. The molecule has 70 valence electrons. The third-order valence-corrected chi connectivity index (χ3v) is 4.40. The van der Waals surface area contributed by atoms with E-state index in [1.807, 2.05) is 0 Å². The van der Waals surface area contributed by atoms with Crippen molar-refractivity contribution in [3.05, 3.63) is 0 Å². The molecule has 2 aliphatic rings. The van der Waals surface area contributed by atoms with E-state index in [1.165, 1.54) is 25.7 Å². The monoisotopic (exact) mass is 167 g/mol. The first-order chi connectivity index (χ1) is 5.47. The smallest absolute Gasteiger partial charge is 0.0258 e. The highest BCUT2D eigenvalue weighted by atomic mass is 15.3. The van der Waals surface area contributed by atoms with Gasteiger partial charge < -0.3 is 0 Å². The summed E-state index contributed by atoms with van der Waals surface area (Å²) in [5.74, 6) is 0. The van der Waals surface area contributed by atoms with Crippen LogP contribution in [-0.2, 0) is 0 Å². The van der Waals surface area contributed by atoms with Crippen LogP contribution in [0.1, 0.15) is 46.5 Å². The summed E-state index contributed by atoms with van der Waals surface area (Å²) < 4.78 is 0. The first kappa shape index (κ1) is 8.55. The molecule has 1 nitrogen and oxygen atoms in total. The minimum atomic E-state index is 0.465. The van der Waals surface area contributed by atoms with E-state index < -0.39 is 0 Å². The highest BCUT2D eigenvalue weighted by molar-refractivity contribution is 5.10. The third kappa shape index (κ3) is 0.834. The molecule has 2 saturated heterocycles. The zero-order chi connectivity index (χ0) is 8.98. The molecule has 0 spiro atoms. The number of rotatable bonds is 0. The van der Waals surface area contributed by atoms with Crippen LogP contribution < -0.4 is 0 Å². The summed E-state index contributed by atoms with van der Waals surface area (Å²) >= 11 is 0. The van der Waals surface area contributed by atoms with Crippen LogP contribution in [0.25, 0.3) is 0 Å². The molecular weight excluding hydrogens is 146 g/mol. The van der Waals surface area contributed by atoms with Gasteiger partial charge >= 0.3 is 0 Å². The Bertz CT molecular complexity index is 182. The number of nitrogens with zero attached hydrogens (tertiary/aromatic N) is 1. The van der Waals surface area contributed by atoms with Crippen molar-refractivity contribution in [2.75, 3.05) is 7.05 Å². The number of hydrogen-bond acceptors (Lipinski definition) is 1. The Hall–Kier alpha value is -0.0400. The maximum absolute atomic E-state index is 2.66. The van der Waals surface area contributed by atoms with Crippen molar-refractivity contribution in [1.29, 1.82) is 0 Å². The fraction of sp³-hybridized carbons (Fsp3) is 1.00. The van der Waals surface area contributed by atoms with Gasteiger partial charge in [0.15, 0.2) is 0 Å². The van der Waals surface area contributed by atoms with Gasteiger partial charge in [-0.3, -0.25) is 4.90 Å². The van der Waals surface area contributed by atoms with Crippen LogP contribution in [0.4, 0.5) is 0 Å².